The molecule has 0 radical (unpaired) electrons. The van der Waals surface area contributed by atoms with Gasteiger partial charge < -0.3 is 15.2 Å². The molecule has 0 unspecified atom stereocenters. The number of aryl methyl sites for hydroxylation is 1. The Labute approximate surface area is 169 Å². The predicted molar refractivity (Wildman–Crippen MR) is 113 cm³/mol. The lowest BCUT2D eigenvalue weighted by Gasteiger charge is -2.32. The van der Waals surface area contributed by atoms with E-state index in [4.69, 9.17) is 0 Å². The van der Waals surface area contributed by atoms with Crippen LogP contribution in [0.25, 0.3) is 11.3 Å². The number of carbonyl (C=O) groups is 1. The van der Waals surface area contributed by atoms with Crippen LogP contribution < -0.4 is 15.8 Å². The number of carbonyl (C=O) groups excluding carboxylic acids is 1. The normalized spacial score (nSPS) is 14.7. The Morgan fingerprint density at radius 2 is 1.93 bits per heavy atom. The molecule has 7 heteroatoms. The molecule has 1 saturated heterocycles. The van der Waals surface area contributed by atoms with Gasteiger partial charge in [-0.25, -0.2) is 0 Å². The first-order valence-corrected chi connectivity index (χ1v) is 9.93. The van der Waals surface area contributed by atoms with Crippen molar-refractivity contribution in [1.29, 1.82) is 0 Å². The van der Waals surface area contributed by atoms with Crippen molar-refractivity contribution >= 4 is 11.7 Å². The zero-order chi connectivity index (χ0) is 20.2. The van der Waals surface area contributed by atoms with E-state index < -0.39 is 0 Å². The Morgan fingerprint density at radius 3 is 2.62 bits per heavy atom. The minimum absolute atomic E-state index is 0.154. The van der Waals surface area contributed by atoms with E-state index >= 15 is 0 Å². The fraction of sp³-hybridized carbons (Fsp3) is 0.318. The molecule has 0 spiro atoms. The molecule has 0 aliphatic carbocycles. The lowest BCUT2D eigenvalue weighted by atomic mass is 9.96. The van der Waals surface area contributed by atoms with Crippen molar-refractivity contribution < 1.29 is 4.79 Å². The van der Waals surface area contributed by atoms with Crippen LogP contribution in [0.1, 0.15) is 28.8 Å². The highest BCUT2D eigenvalue weighted by atomic mass is 16.1. The van der Waals surface area contributed by atoms with Gasteiger partial charge in [0.15, 0.2) is 5.82 Å². The third-order valence-corrected chi connectivity index (χ3v) is 5.46. The number of nitrogens with one attached hydrogen (secondary N) is 3. The second kappa shape index (κ2) is 8.34. The van der Waals surface area contributed by atoms with E-state index in [1.807, 2.05) is 0 Å². The Bertz CT molecular complexity index is 1010. The zero-order valence-corrected chi connectivity index (χ0v) is 16.4. The summed E-state index contributed by atoms with van der Waals surface area (Å²) in [6, 6.07) is 13.4. The molecule has 0 atom stereocenters. The van der Waals surface area contributed by atoms with Gasteiger partial charge in [0.1, 0.15) is 0 Å². The average Bonchev–Trinajstić information content (AvgIpc) is 3.24. The topological polar surface area (TPSA) is 93.9 Å². The lowest BCUT2D eigenvalue weighted by molar-refractivity contribution is 0.0944. The van der Waals surface area contributed by atoms with Crippen LogP contribution in [0.4, 0.5) is 5.82 Å². The summed E-state index contributed by atoms with van der Waals surface area (Å²) in [5.74, 6) is 1.25. The maximum absolute atomic E-state index is 12.2. The van der Waals surface area contributed by atoms with E-state index in [1.54, 1.807) is 6.07 Å². The molecular formula is C22H25N5O2. The lowest BCUT2D eigenvalue weighted by Crippen LogP contribution is -2.39. The highest BCUT2D eigenvalue weighted by Gasteiger charge is 2.22. The van der Waals surface area contributed by atoms with Crippen molar-refractivity contribution in [3.05, 3.63) is 70.1 Å². The highest BCUT2D eigenvalue weighted by molar-refractivity contribution is 5.93. The van der Waals surface area contributed by atoms with Crippen LogP contribution in [0.2, 0.25) is 0 Å². The van der Waals surface area contributed by atoms with E-state index in [9.17, 15) is 9.59 Å². The van der Waals surface area contributed by atoms with E-state index in [-0.39, 0.29) is 11.5 Å². The monoisotopic (exact) mass is 391 g/mol. The molecule has 0 saturated carbocycles. The summed E-state index contributed by atoms with van der Waals surface area (Å²) in [6.45, 7) is 4.55. The number of benzene rings is 1. The molecule has 0 bridgehead atoms. The van der Waals surface area contributed by atoms with E-state index in [2.05, 4.69) is 62.7 Å². The molecule has 150 valence electrons. The number of rotatable bonds is 5. The van der Waals surface area contributed by atoms with Crippen molar-refractivity contribution in [3.63, 3.8) is 0 Å². The third-order valence-electron chi connectivity index (χ3n) is 5.46. The molecule has 3 aromatic rings. The number of hydrogen-bond donors (Lipinski definition) is 3. The van der Waals surface area contributed by atoms with Crippen molar-refractivity contribution in [2.45, 2.75) is 19.8 Å². The Kier molecular flexibility index (Phi) is 5.46. The van der Waals surface area contributed by atoms with Crippen LogP contribution in [0.15, 0.2) is 53.5 Å². The maximum Gasteiger partial charge on any atom is 0.252 e. The van der Waals surface area contributed by atoms with E-state index in [0.717, 1.165) is 43.0 Å². The Hall–Kier alpha value is -3.35. The summed E-state index contributed by atoms with van der Waals surface area (Å²) in [4.78, 5) is 28.1. The van der Waals surface area contributed by atoms with E-state index in [1.165, 1.54) is 17.8 Å². The number of H-pyrrole nitrogens is 2. The summed E-state index contributed by atoms with van der Waals surface area (Å²) >= 11 is 0. The van der Waals surface area contributed by atoms with Gasteiger partial charge in [0, 0.05) is 38.0 Å². The molecule has 3 heterocycles. The molecule has 29 heavy (non-hydrogen) atoms. The van der Waals surface area contributed by atoms with Crippen molar-refractivity contribution in [2.75, 3.05) is 24.5 Å². The van der Waals surface area contributed by atoms with Gasteiger partial charge in [0.05, 0.1) is 11.3 Å². The molecule has 7 nitrogen and oxygen atoms in total. The SMILES string of the molecule is Cc1ccc(-c2cc(N3CCC(CNC(=O)c4ccc(=O)[nH]c4)CC3)n[nH]2)cc1. The van der Waals surface area contributed by atoms with Crippen LogP contribution in [0, 0.1) is 12.8 Å². The van der Waals surface area contributed by atoms with Crippen molar-refractivity contribution in [1.82, 2.24) is 20.5 Å². The smallest absolute Gasteiger partial charge is 0.252 e. The second-order valence-electron chi connectivity index (χ2n) is 7.59. The van der Waals surface area contributed by atoms with Crippen LogP contribution in [0.3, 0.4) is 0 Å². The number of pyridine rings is 1. The number of anilines is 1. The van der Waals surface area contributed by atoms with Crippen LogP contribution in [0.5, 0.6) is 0 Å². The predicted octanol–water partition coefficient (Wildman–Crippen LogP) is 2.72. The van der Waals surface area contributed by atoms with Crippen molar-refractivity contribution in [2.24, 2.45) is 5.92 Å². The quantitative estimate of drug-likeness (QED) is 0.623. The Morgan fingerprint density at radius 1 is 1.17 bits per heavy atom. The van der Waals surface area contributed by atoms with Gasteiger partial charge in [-0.3, -0.25) is 14.7 Å². The molecule has 1 fully saturated rings. The standard InChI is InChI=1S/C22H25N5O2/c1-15-2-4-17(5-3-15)19-12-20(26-25-19)27-10-8-16(9-11-27)13-24-22(29)18-6-7-21(28)23-14-18/h2-7,12,14,16H,8-11,13H2,1H3,(H,23,28)(H,24,29)(H,25,26). The molecule has 2 aromatic heterocycles. The summed E-state index contributed by atoms with van der Waals surface area (Å²) in [5.41, 5.74) is 3.66. The van der Waals surface area contributed by atoms with Gasteiger partial charge in [-0.1, -0.05) is 29.8 Å². The molecule has 4 rings (SSSR count). The number of piperidine rings is 1. The maximum atomic E-state index is 12.2. The zero-order valence-electron chi connectivity index (χ0n) is 16.4. The van der Waals surface area contributed by atoms with Gasteiger partial charge >= 0.3 is 0 Å². The number of amides is 1. The molecular weight excluding hydrogens is 366 g/mol. The molecule has 1 amide bonds. The second-order valence-corrected chi connectivity index (χ2v) is 7.59. The fourth-order valence-corrected chi connectivity index (χ4v) is 3.61. The van der Waals surface area contributed by atoms with E-state index in [0.29, 0.717) is 18.0 Å². The minimum Gasteiger partial charge on any atom is -0.355 e. The van der Waals surface area contributed by atoms with Gasteiger partial charge in [0.2, 0.25) is 5.56 Å². The molecule has 1 aromatic carbocycles. The first kappa shape index (κ1) is 19.0. The van der Waals surface area contributed by atoms with Crippen LogP contribution in [-0.2, 0) is 0 Å². The van der Waals surface area contributed by atoms with Gasteiger partial charge in [-0.2, -0.15) is 5.10 Å². The summed E-state index contributed by atoms with van der Waals surface area (Å²) in [5, 5.41) is 10.6. The van der Waals surface area contributed by atoms with Crippen molar-refractivity contribution in [3.8, 4) is 11.3 Å². The molecule has 1 aliphatic heterocycles. The molecule has 1 aliphatic rings. The minimum atomic E-state index is -0.210. The average molecular weight is 391 g/mol. The number of nitrogens with zero attached hydrogens (tertiary/aromatic N) is 2. The molecule has 3 N–H and O–H groups in total. The number of hydrogen-bond acceptors (Lipinski definition) is 4. The number of aromatic nitrogens is 3. The largest absolute Gasteiger partial charge is 0.355 e. The van der Waals surface area contributed by atoms with Crippen LogP contribution >= 0.6 is 0 Å². The fourth-order valence-electron chi connectivity index (χ4n) is 3.61. The summed E-state index contributed by atoms with van der Waals surface area (Å²) in [6.07, 6.45) is 3.45. The highest BCUT2D eigenvalue weighted by Crippen LogP contribution is 2.26. The van der Waals surface area contributed by atoms with Gasteiger partial charge in [0.25, 0.3) is 5.91 Å². The first-order chi connectivity index (χ1) is 14.1. The summed E-state index contributed by atoms with van der Waals surface area (Å²) in [7, 11) is 0. The first-order valence-electron chi connectivity index (χ1n) is 9.93. The third kappa shape index (κ3) is 4.56. The summed E-state index contributed by atoms with van der Waals surface area (Å²) < 4.78 is 0. The Balaban J connectivity index is 1.28. The van der Waals surface area contributed by atoms with Gasteiger partial charge in [-0.15, -0.1) is 0 Å². The van der Waals surface area contributed by atoms with Gasteiger partial charge in [-0.05, 0) is 37.3 Å². The van der Waals surface area contributed by atoms with Crippen LogP contribution in [-0.4, -0.2) is 40.7 Å². The number of aromatic amines is 2.